The molecule has 1 unspecified atom stereocenters. The maximum Gasteiger partial charge on any atom is 0.315 e. The first-order valence-electron chi connectivity index (χ1n) is 6.37. The van der Waals surface area contributed by atoms with Gasteiger partial charge in [-0.25, -0.2) is 4.79 Å². The summed E-state index contributed by atoms with van der Waals surface area (Å²) in [6.07, 6.45) is 5.84. The Bertz CT molecular complexity index is 275. The Hall–Kier alpha value is -0.840. The van der Waals surface area contributed by atoms with Gasteiger partial charge in [0, 0.05) is 6.04 Å². The Kier molecular flexibility index (Phi) is 5.68. The first-order valence-corrected chi connectivity index (χ1v) is 6.78. The smallest absolute Gasteiger partial charge is 0.315 e. The van der Waals surface area contributed by atoms with Crippen molar-refractivity contribution in [3.8, 4) is 0 Å². The van der Waals surface area contributed by atoms with E-state index in [0.717, 1.165) is 12.8 Å². The van der Waals surface area contributed by atoms with Gasteiger partial charge in [0.25, 0.3) is 0 Å². The number of rotatable bonds is 4. The lowest BCUT2D eigenvalue weighted by molar-refractivity contribution is 0.229. The highest BCUT2D eigenvalue weighted by Crippen LogP contribution is 2.17. The number of thiocarbonyl (C=S) groups is 1. The number of amides is 2. The van der Waals surface area contributed by atoms with E-state index in [1.807, 2.05) is 13.8 Å². The number of nitrogens with two attached hydrogens (primary N) is 1. The van der Waals surface area contributed by atoms with Crippen molar-refractivity contribution < 1.29 is 4.79 Å². The molecule has 0 saturated heterocycles. The van der Waals surface area contributed by atoms with Crippen LogP contribution in [-0.4, -0.2) is 23.1 Å². The average Bonchev–Trinajstić information content (AvgIpc) is 2.26. The summed E-state index contributed by atoms with van der Waals surface area (Å²) >= 11 is 4.95. The van der Waals surface area contributed by atoms with Crippen molar-refractivity contribution in [2.75, 3.05) is 0 Å². The minimum atomic E-state index is -0.228. The summed E-state index contributed by atoms with van der Waals surface area (Å²) in [5.74, 6) is 0.213. The summed E-state index contributed by atoms with van der Waals surface area (Å²) in [6, 6.07) is -0.0695. The summed E-state index contributed by atoms with van der Waals surface area (Å²) in [5.41, 5.74) is 5.61. The molecule has 0 heterocycles. The molecule has 0 spiro atoms. The molecular formula is C12H23N3OS. The van der Waals surface area contributed by atoms with Gasteiger partial charge in [-0.05, 0) is 18.8 Å². The first-order chi connectivity index (χ1) is 8.00. The normalized spacial score (nSPS) is 18.8. The van der Waals surface area contributed by atoms with E-state index < -0.39 is 0 Å². The third-order valence-electron chi connectivity index (χ3n) is 3.20. The van der Waals surface area contributed by atoms with E-state index >= 15 is 0 Å². The quantitative estimate of drug-likeness (QED) is 0.674. The molecule has 0 radical (unpaired) electrons. The molecule has 4 nitrogen and oxygen atoms in total. The topological polar surface area (TPSA) is 67.2 Å². The van der Waals surface area contributed by atoms with Gasteiger partial charge in [0.2, 0.25) is 0 Å². The van der Waals surface area contributed by atoms with Crippen LogP contribution in [0.25, 0.3) is 0 Å². The van der Waals surface area contributed by atoms with Crippen LogP contribution in [0.4, 0.5) is 4.79 Å². The Morgan fingerprint density at radius 2 is 1.88 bits per heavy atom. The van der Waals surface area contributed by atoms with Gasteiger partial charge in [0.15, 0.2) is 0 Å². The van der Waals surface area contributed by atoms with Crippen molar-refractivity contribution in [1.29, 1.82) is 0 Å². The Balaban J connectivity index is 2.38. The highest BCUT2D eigenvalue weighted by Gasteiger charge is 2.21. The van der Waals surface area contributed by atoms with Crippen LogP contribution in [0.5, 0.6) is 0 Å². The first kappa shape index (κ1) is 14.2. The molecule has 2 amide bonds. The molecular weight excluding hydrogens is 234 g/mol. The Labute approximate surface area is 109 Å². The fraction of sp³-hybridized carbons (Fsp3) is 0.833. The van der Waals surface area contributed by atoms with Crippen molar-refractivity contribution in [3.05, 3.63) is 0 Å². The highest BCUT2D eigenvalue weighted by molar-refractivity contribution is 7.80. The van der Waals surface area contributed by atoms with Crippen LogP contribution in [0.3, 0.4) is 0 Å². The second-order valence-corrected chi connectivity index (χ2v) is 5.55. The van der Waals surface area contributed by atoms with Crippen LogP contribution in [-0.2, 0) is 0 Å². The molecule has 1 fully saturated rings. The van der Waals surface area contributed by atoms with Gasteiger partial charge in [0.1, 0.15) is 0 Å². The largest absolute Gasteiger partial charge is 0.392 e. The number of carbonyl (C=O) groups excluding carboxylic acids is 1. The Morgan fingerprint density at radius 3 is 2.35 bits per heavy atom. The average molecular weight is 257 g/mol. The third-order valence-corrected chi connectivity index (χ3v) is 3.45. The molecule has 1 saturated carbocycles. The molecule has 1 atom stereocenters. The van der Waals surface area contributed by atoms with Crippen LogP contribution in [0.1, 0.15) is 46.0 Å². The molecule has 0 aromatic carbocycles. The van der Waals surface area contributed by atoms with Gasteiger partial charge in [-0.2, -0.15) is 0 Å². The number of carbonyl (C=O) groups is 1. The number of hydrogen-bond acceptors (Lipinski definition) is 2. The standard InChI is InChI=1S/C12H23N3OS/c1-8(2)10(11(13)17)15-12(16)14-9-6-4-3-5-7-9/h8-10H,3-7H2,1-2H3,(H2,13,17)(H2,14,15,16). The molecule has 0 bridgehead atoms. The zero-order valence-electron chi connectivity index (χ0n) is 10.7. The van der Waals surface area contributed by atoms with Crippen molar-refractivity contribution in [2.24, 2.45) is 11.7 Å². The van der Waals surface area contributed by atoms with Crippen LogP contribution in [0.15, 0.2) is 0 Å². The minimum Gasteiger partial charge on any atom is -0.392 e. The van der Waals surface area contributed by atoms with Crippen molar-refractivity contribution in [3.63, 3.8) is 0 Å². The summed E-state index contributed by atoms with van der Waals surface area (Å²) in [5, 5.41) is 5.84. The fourth-order valence-corrected chi connectivity index (χ4v) is 2.51. The predicted octanol–water partition coefficient (Wildman–Crippen LogP) is 1.93. The van der Waals surface area contributed by atoms with Gasteiger partial charge in [0.05, 0.1) is 11.0 Å². The molecule has 1 aliphatic rings. The number of urea groups is 1. The lowest BCUT2D eigenvalue weighted by Gasteiger charge is -2.26. The molecule has 0 aromatic heterocycles. The molecule has 17 heavy (non-hydrogen) atoms. The lowest BCUT2D eigenvalue weighted by atomic mass is 9.96. The van der Waals surface area contributed by atoms with Crippen LogP contribution in [0.2, 0.25) is 0 Å². The van der Waals surface area contributed by atoms with Gasteiger partial charge in [-0.1, -0.05) is 45.3 Å². The van der Waals surface area contributed by atoms with Crippen LogP contribution in [0, 0.1) is 5.92 Å². The molecule has 1 aliphatic carbocycles. The molecule has 1 rings (SSSR count). The summed E-state index contributed by atoms with van der Waals surface area (Å²) < 4.78 is 0. The minimum absolute atomic E-state index is 0.150. The lowest BCUT2D eigenvalue weighted by Crippen LogP contribution is -2.52. The Morgan fingerprint density at radius 1 is 1.29 bits per heavy atom. The molecule has 98 valence electrons. The van der Waals surface area contributed by atoms with Gasteiger partial charge < -0.3 is 16.4 Å². The van der Waals surface area contributed by atoms with Crippen molar-refractivity contribution >= 4 is 23.2 Å². The monoisotopic (exact) mass is 257 g/mol. The molecule has 0 aliphatic heterocycles. The van der Waals surface area contributed by atoms with Gasteiger partial charge >= 0.3 is 6.03 Å². The number of hydrogen-bond donors (Lipinski definition) is 3. The maximum atomic E-state index is 11.8. The van der Waals surface area contributed by atoms with E-state index in [4.69, 9.17) is 18.0 Å². The zero-order chi connectivity index (χ0) is 12.8. The summed E-state index contributed by atoms with van der Waals surface area (Å²) in [4.78, 5) is 12.1. The third kappa shape index (κ3) is 4.89. The van der Waals surface area contributed by atoms with E-state index in [9.17, 15) is 4.79 Å². The van der Waals surface area contributed by atoms with Crippen LogP contribution >= 0.6 is 12.2 Å². The summed E-state index contributed by atoms with van der Waals surface area (Å²) in [6.45, 7) is 3.98. The maximum absolute atomic E-state index is 11.8. The van der Waals surface area contributed by atoms with Crippen molar-refractivity contribution in [2.45, 2.75) is 58.0 Å². The molecule has 4 N–H and O–H groups in total. The molecule has 5 heteroatoms. The zero-order valence-corrected chi connectivity index (χ0v) is 11.5. The second-order valence-electron chi connectivity index (χ2n) is 5.08. The highest BCUT2D eigenvalue weighted by atomic mass is 32.1. The SMILES string of the molecule is CC(C)C(NC(=O)NC1CCCCC1)C(N)=S. The van der Waals surface area contributed by atoms with E-state index in [0.29, 0.717) is 11.0 Å². The van der Waals surface area contributed by atoms with Gasteiger partial charge in [-0.15, -0.1) is 0 Å². The molecule has 0 aromatic rings. The predicted molar refractivity (Wildman–Crippen MR) is 74.0 cm³/mol. The van der Waals surface area contributed by atoms with E-state index in [-0.39, 0.29) is 18.0 Å². The van der Waals surface area contributed by atoms with Crippen molar-refractivity contribution in [1.82, 2.24) is 10.6 Å². The van der Waals surface area contributed by atoms with E-state index in [1.165, 1.54) is 19.3 Å². The number of nitrogens with one attached hydrogen (secondary N) is 2. The van der Waals surface area contributed by atoms with Crippen LogP contribution < -0.4 is 16.4 Å². The fourth-order valence-electron chi connectivity index (χ4n) is 2.18. The van der Waals surface area contributed by atoms with E-state index in [1.54, 1.807) is 0 Å². The summed E-state index contributed by atoms with van der Waals surface area (Å²) in [7, 11) is 0. The second kappa shape index (κ2) is 6.79. The van der Waals surface area contributed by atoms with Gasteiger partial charge in [-0.3, -0.25) is 0 Å². The van der Waals surface area contributed by atoms with E-state index in [2.05, 4.69) is 10.6 Å².